The van der Waals surface area contributed by atoms with Crippen LogP contribution >= 0.6 is 0 Å². The van der Waals surface area contributed by atoms with Crippen molar-refractivity contribution in [1.29, 1.82) is 0 Å². The van der Waals surface area contributed by atoms with E-state index in [0.29, 0.717) is 35.4 Å². The number of aromatic nitrogens is 5. The quantitative estimate of drug-likeness (QED) is 0.351. The second-order valence-electron chi connectivity index (χ2n) is 11.6. The van der Waals surface area contributed by atoms with E-state index in [9.17, 15) is 4.39 Å². The van der Waals surface area contributed by atoms with Crippen molar-refractivity contribution < 1.29 is 8.78 Å². The number of hydrogen-bond donors (Lipinski definition) is 1. The van der Waals surface area contributed by atoms with Crippen molar-refractivity contribution in [3.63, 3.8) is 0 Å². The molecule has 1 N–H and O–H groups in total. The van der Waals surface area contributed by atoms with Crippen LogP contribution in [0, 0.1) is 24.5 Å². The van der Waals surface area contributed by atoms with Gasteiger partial charge >= 0.3 is 0 Å². The molecule has 40 heavy (non-hydrogen) atoms. The number of benzene rings is 1. The number of piperidine rings is 1. The van der Waals surface area contributed by atoms with Crippen molar-refractivity contribution in [2.75, 3.05) is 32.0 Å². The Bertz CT molecular complexity index is 1540. The molecule has 210 valence electrons. The molecule has 0 atom stereocenters. The fourth-order valence-corrected chi connectivity index (χ4v) is 5.95. The van der Waals surface area contributed by atoms with Crippen molar-refractivity contribution >= 4 is 22.8 Å². The lowest BCUT2D eigenvalue weighted by molar-refractivity contribution is 0.109. The summed E-state index contributed by atoms with van der Waals surface area (Å²) in [6.45, 7) is 10.9. The van der Waals surface area contributed by atoms with Crippen LogP contribution in [0.5, 0.6) is 0 Å². The average Bonchev–Trinajstić information content (AvgIpc) is 3.24. The number of nitrogens with zero attached hydrogens (tertiary/aromatic N) is 7. The Balaban J connectivity index is 1.24. The highest BCUT2D eigenvalue weighted by molar-refractivity contribution is 5.83. The van der Waals surface area contributed by atoms with Gasteiger partial charge in [0.1, 0.15) is 22.9 Å². The zero-order valence-electron chi connectivity index (χ0n) is 23.6. The van der Waals surface area contributed by atoms with Crippen molar-refractivity contribution in [2.24, 2.45) is 5.92 Å². The van der Waals surface area contributed by atoms with Gasteiger partial charge in [-0.3, -0.25) is 4.90 Å². The maximum absolute atomic E-state index is 15.1. The molecule has 2 aliphatic heterocycles. The minimum absolute atomic E-state index is 0.0278. The van der Waals surface area contributed by atoms with Crippen LogP contribution in [0.25, 0.3) is 22.3 Å². The highest BCUT2D eigenvalue weighted by Crippen LogP contribution is 2.30. The number of pyridine rings is 1. The van der Waals surface area contributed by atoms with Gasteiger partial charge in [-0.25, -0.2) is 28.7 Å². The van der Waals surface area contributed by atoms with E-state index >= 15 is 4.39 Å². The fraction of sp³-hybridized carbons (Fsp3) is 0.467. The third kappa shape index (κ3) is 5.30. The molecule has 0 saturated carbocycles. The highest BCUT2D eigenvalue weighted by Gasteiger charge is 2.27. The van der Waals surface area contributed by atoms with E-state index in [4.69, 9.17) is 4.98 Å². The Morgan fingerprint density at radius 2 is 1.82 bits per heavy atom. The molecule has 1 fully saturated rings. The zero-order valence-corrected chi connectivity index (χ0v) is 23.6. The van der Waals surface area contributed by atoms with Crippen LogP contribution in [0.15, 0.2) is 30.5 Å². The zero-order chi connectivity index (χ0) is 28.0. The molecule has 2 aliphatic rings. The predicted octanol–water partition coefficient (Wildman–Crippen LogP) is 5.33. The third-order valence-corrected chi connectivity index (χ3v) is 8.09. The Morgan fingerprint density at radius 1 is 1.02 bits per heavy atom. The van der Waals surface area contributed by atoms with Gasteiger partial charge in [0.25, 0.3) is 0 Å². The van der Waals surface area contributed by atoms with Crippen molar-refractivity contribution in [2.45, 2.75) is 59.2 Å². The molecule has 0 radical (unpaired) electrons. The maximum Gasteiger partial charge on any atom is 0.229 e. The van der Waals surface area contributed by atoms with Crippen LogP contribution in [0.2, 0.25) is 0 Å². The molecule has 1 aromatic carbocycles. The summed E-state index contributed by atoms with van der Waals surface area (Å²) >= 11 is 0. The van der Waals surface area contributed by atoms with Gasteiger partial charge in [-0.2, -0.15) is 0 Å². The average molecular weight is 547 g/mol. The largest absolute Gasteiger partial charge is 0.328 e. The smallest absolute Gasteiger partial charge is 0.229 e. The molecule has 1 saturated heterocycles. The summed E-state index contributed by atoms with van der Waals surface area (Å²) in [6, 6.07) is 7.70. The second kappa shape index (κ2) is 10.8. The predicted molar refractivity (Wildman–Crippen MR) is 152 cm³/mol. The van der Waals surface area contributed by atoms with Gasteiger partial charge in [0.15, 0.2) is 11.6 Å². The SMILES string of the molecule is Cc1nc2c(F)cc(-c3nc(Nc4ccc5c(n4)CCN(C4CCN(C)CC4)C5)ncc3F)cc2n1CC(C)C. The molecular formula is C30H36F2N8. The van der Waals surface area contributed by atoms with Crippen molar-refractivity contribution in [3.8, 4) is 11.3 Å². The molecule has 0 amide bonds. The molecular weight excluding hydrogens is 510 g/mol. The first-order chi connectivity index (χ1) is 19.2. The first-order valence-corrected chi connectivity index (χ1v) is 14.1. The third-order valence-electron chi connectivity index (χ3n) is 8.09. The minimum atomic E-state index is -0.622. The summed E-state index contributed by atoms with van der Waals surface area (Å²) in [6.07, 6.45) is 4.41. The van der Waals surface area contributed by atoms with Gasteiger partial charge < -0.3 is 14.8 Å². The molecule has 5 heterocycles. The van der Waals surface area contributed by atoms with Gasteiger partial charge in [-0.05, 0) is 69.6 Å². The molecule has 6 rings (SSSR count). The van der Waals surface area contributed by atoms with Crippen LogP contribution in [0.4, 0.5) is 20.5 Å². The molecule has 0 bridgehead atoms. The number of aryl methyl sites for hydroxylation is 1. The summed E-state index contributed by atoms with van der Waals surface area (Å²) < 4.78 is 32.0. The topological polar surface area (TPSA) is 75.0 Å². The lowest BCUT2D eigenvalue weighted by Crippen LogP contribution is -2.45. The summed E-state index contributed by atoms with van der Waals surface area (Å²) in [4.78, 5) is 22.8. The first kappa shape index (κ1) is 26.7. The fourth-order valence-electron chi connectivity index (χ4n) is 5.95. The number of imidazole rings is 1. The van der Waals surface area contributed by atoms with Crippen LogP contribution in [0.3, 0.4) is 0 Å². The van der Waals surface area contributed by atoms with E-state index in [0.717, 1.165) is 50.3 Å². The molecule has 0 spiro atoms. The monoisotopic (exact) mass is 546 g/mol. The van der Waals surface area contributed by atoms with Gasteiger partial charge in [0, 0.05) is 43.4 Å². The number of rotatable bonds is 6. The number of hydrogen-bond acceptors (Lipinski definition) is 7. The lowest BCUT2D eigenvalue weighted by Gasteiger charge is -2.39. The Morgan fingerprint density at radius 3 is 2.60 bits per heavy atom. The van der Waals surface area contributed by atoms with E-state index in [1.54, 1.807) is 6.07 Å². The molecule has 8 nitrogen and oxygen atoms in total. The Hall–Kier alpha value is -3.50. The van der Waals surface area contributed by atoms with Gasteiger partial charge in [-0.15, -0.1) is 0 Å². The van der Waals surface area contributed by atoms with E-state index < -0.39 is 11.6 Å². The number of likely N-dealkylation sites (tertiary alicyclic amines) is 1. The van der Waals surface area contributed by atoms with E-state index in [-0.39, 0.29) is 17.2 Å². The summed E-state index contributed by atoms with van der Waals surface area (Å²) in [5.74, 6) is 0.755. The molecule has 0 unspecified atom stereocenters. The van der Waals surface area contributed by atoms with Crippen LogP contribution in [0.1, 0.15) is 43.8 Å². The van der Waals surface area contributed by atoms with Crippen molar-refractivity contribution in [3.05, 3.63) is 59.2 Å². The minimum Gasteiger partial charge on any atom is -0.328 e. The number of nitrogens with one attached hydrogen (secondary N) is 1. The second-order valence-corrected chi connectivity index (χ2v) is 11.6. The van der Waals surface area contributed by atoms with E-state index in [1.165, 1.54) is 24.5 Å². The van der Waals surface area contributed by atoms with Gasteiger partial charge in [0.05, 0.1) is 11.7 Å². The van der Waals surface area contributed by atoms with Gasteiger partial charge in [-0.1, -0.05) is 19.9 Å². The first-order valence-electron chi connectivity index (χ1n) is 14.1. The molecule has 0 aliphatic carbocycles. The molecule has 3 aromatic heterocycles. The summed E-state index contributed by atoms with van der Waals surface area (Å²) in [5, 5.41) is 3.13. The number of anilines is 2. The maximum atomic E-state index is 15.1. The van der Waals surface area contributed by atoms with Crippen molar-refractivity contribution in [1.82, 2.24) is 34.3 Å². The lowest BCUT2D eigenvalue weighted by atomic mass is 9.98. The highest BCUT2D eigenvalue weighted by atomic mass is 19.1. The molecule has 10 heteroatoms. The number of halogens is 2. The Kier molecular flexibility index (Phi) is 7.22. The van der Waals surface area contributed by atoms with Crippen LogP contribution in [-0.4, -0.2) is 67.0 Å². The van der Waals surface area contributed by atoms with Crippen LogP contribution in [-0.2, 0) is 19.5 Å². The number of fused-ring (bicyclic) bond motifs is 2. The summed E-state index contributed by atoms with van der Waals surface area (Å²) in [5.41, 5.74) is 3.58. The Labute approximate surface area is 233 Å². The standard InChI is InChI=1S/C30H36F2N8/c1-18(2)16-40-19(3)34-29-23(31)13-21(14-26(29)40)28-24(32)15-33-30(37-28)36-27-6-5-20-17-39(12-9-25(20)35-27)22-7-10-38(4)11-8-22/h5-6,13-15,18,22H,7-12,16-17H2,1-4H3,(H,33,35,36,37). The normalized spacial score (nSPS) is 17.1. The van der Waals surface area contributed by atoms with E-state index in [2.05, 4.69) is 57.0 Å². The summed E-state index contributed by atoms with van der Waals surface area (Å²) in [7, 11) is 2.19. The molecule has 4 aromatic rings. The van der Waals surface area contributed by atoms with E-state index in [1.807, 2.05) is 17.6 Å². The van der Waals surface area contributed by atoms with Crippen LogP contribution < -0.4 is 5.32 Å². The van der Waals surface area contributed by atoms with Gasteiger partial charge in [0.2, 0.25) is 5.95 Å².